The molecule has 0 aliphatic carbocycles. The van der Waals surface area contributed by atoms with E-state index in [1.807, 2.05) is 0 Å². The zero-order chi connectivity index (χ0) is 9.00. The third-order valence-corrected chi connectivity index (χ3v) is 0. The Morgan fingerprint density at radius 3 is 1.10 bits per heavy atom. The summed E-state index contributed by atoms with van der Waals surface area (Å²) < 4.78 is 47.9. The van der Waals surface area contributed by atoms with Crippen LogP contribution in [0.25, 0.3) is 0 Å². The van der Waals surface area contributed by atoms with Crippen LogP contribution in [-0.4, -0.2) is 21.9 Å². The molecule has 0 saturated carbocycles. The summed E-state index contributed by atoms with van der Waals surface area (Å²) in [6.45, 7) is 0. The molecule has 0 amide bonds. The molecule has 0 heterocycles. The first-order valence-corrected chi connectivity index (χ1v) is 3.22. The highest BCUT2D eigenvalue weighted by molar-refractivity contribution is 7.45. The summed E-state index contributed by atoms with van der Waals surface area (Å²) in [5.41, 5.74) is 0. The van der Waals surface area contributed by atoms with E-state index in [1.54, 1.807) is 0 Å². The molecule has 4 nitrogen and oxygen atoms in total. The van der Waals surface area contributed by atoms with E-state index in [4.69, 9.17) is 19.2 Å². The first-order valence-electron chi connectivity index (χ1n) is 1.66. The lowest BCUT2D eigenvalue weighted by Crippen LogP contribution is -2.02. The molecule has 0 fully saturated rings. The summed E-state index contributed by atoms with van der Waals surface area (Å²) in [4.78, 5) is 21.6. The third-order valence-electron chi connectivity index (χ3n) is 0. The number of halogens is 4. The molecular formula is H4BF4O4P. The minimum atomic E-state index is -6.00. The first-order chi connectivity index (χ1) is 4.00. The van der Waals surface area contributed by atoms with Crippen LogP contribution in [-0.2, 0) is 4.57 Å². The summed E-state index contributed by atoms with van der Waals surface area (Å²) >= 11 is 0. The summed E-state index contributed by atoms with van der Waals surface area (Å²) in [6, 6.07) is 0. The fraction of sp³-hybridized carbons (Fsp3) is 0. The van der Waals surface area contributed by atoms with Gasteiger partial charge in [0.2, 0.25) is 0 Å². The van der Waals surface area contributed by atoms with Crippen LogP contribution in [0.4, 0.5) is 17.3 Å². The van der Waals surface area contributed by atoms with Gasteiger partial charge in [0, 0.05) is 0 Å². The quantitative estimate of drug-likeness (QED) is 0.292. The van der Waals surface area contributed by atoms with Crippen molar-refractivity contribution in [1.29, 1.82) is 0 Å². The molecule has 0 radical (unpaired) electrons. The van der Waals surface area contributed by atoms with Gasteiger partial charge in [-0.1, -0.05) is 0 Å². The molecule has 0 rings (SSSR count). The Morgan fingerprint density at radius 1 is 1.10 bits per heavy atom. The highest BCUT2D eigenvalue weighted by Crippen LogP contribution is 2.25. The molecule has 0 saturated heterocycles. The minimum Gasteiger partial charge on any atom is -0.418 e. The van der Waals surface area contributed by atoms with E-state index < -0.39 is 15.1 Å². The minimum absolute atomic E-state index is 0. The number of phosphoric acid groups is 1. The number of hydrogen-bond donors (Lipinski definition) is 3. The van der Waals surface area contributed by atoms with Gasteiger partial charge in [-0.05, 0) is 0 Å². The van der Waals surface area contributed by atoms with Gasteiger partial charge in [0.05, 0.1) is 0 Å². The van der Waals surface area contributed by atoms with Gasteiger partial charge in [0.1, 0.15) is 0 Å². The molecule has 0 spiro atoms. The largest absolute Gasteiger partial charge is 1.00 e. The second-order valence-corrected chi connectivity index (χ2v) is 2.03. The summed E-state index contributed by atoms with van der Waals surface area (Å²) in [7, 11) is -10.6. The van der Waals surface area contributed by atoms with Crippen LogP contribution in [0.1, 0.15) is 1.43 Å². The Morgan fingerprint density at radius 2 is 1.10 bits per heavy atom. The van der Waals surface area contributed by atoms with Gasteiger partial charge in [0.25, 0.3) is 0 Å². The summed E-state index contributed by atoms with van der Waals surface area (Å²) in [5.74, 6) is 0. The SMILES string of the molecule is F[B-](F)(F)F.O=P(O)(O)O.[H+]. The van der Waals surface area contributed by atoms with Crippen molar-refractivity contribution < 1.29 is 37.9 Å². The van der Waals surface area contributed by atoms with Crippen molar-refractivity contribution in [2.24, 2.45) is 0 Å². The Balaban J connectivity index is -0.000000107. The third kappa shape index (κ3) is 34000. The van der Waals surface area contributed by atoms with Gasteiger partial charge < -0.3 is 31.9 Å². The maximum absolute atomic E-state index is 9.75. The topological polar surface area (TPSA) is 77.8 Å². The second kappa shape index (κ2) is 3.92. The molecular weight excluding hydrogens is 182 g/mol. The van der Waals surface area contributed by atoms with E-state index in [0.717, 1.165) is 0 Å². The van der Waals surface area contributed by atoms with E-state index >= 15 is 0 Å². The van der Waals surface area contributed by atoms with Crippen molar-refractivity contribution in [1.82, 2.24) is 0 Å². The molecule has 0 unspecified atom stereocenters. The van der Waals surface area contributed by atoms with Crippen LogP contribution >= 0.6 is 7.82 Å². The summed E-state index contributed by atoms with van der Waals surface area (Å²) in [5, 5.41) is 0. The molecule has 0 aliphatic heterocycles. The van der Waals surface area contributed by atoms with Gasteiger partial charge in [-0.2, -0.15) is 0 Å². The van der Waals surface area contributed by atoms with Crippen molar-refractivity contribution in [3.63, 3.8) is 0 Å². The molecule has 0 aliphatic rings. The van der Waals surface area contributed by atoms with Crippen molar-refractivity contribution in [3.8, 4) is 0 Å². The van der Waals surface area contributed by atoms with E-state index in [-0.39, 0.29) is 1.43 Å². The average Bonchev–Trinajstić information content (AvgIpc) is 1.12. The Kier molecular flexibility index (Phi) is 4.92. The van der Waals surface area contributed by atoms with Crippen LogP contribution < -0.4 is 0 Å². The Labute approximate surface area is 54.3 Å². The van der Waals surface area contributed by atoms with Gasteiger partial charge in [0.15, 0.2) is 0 Å². The summed E-state index contributed by atoms with van der Waals surface area (Å²) in [6.07, 6.45) is 0. The molecule has 0 aromatic carbocycles. The van der Waals surface area contributed by atoms with Crippen molar-refractivity contribution in [2.45, 2.75) is 0 Å². The van der Waals surface area contributed by atoms with Gasteiger partial charge in [-0.15, -0.1) is 0 Å². The standard InChI is InChI=1S/BF4.H3O4P/c2-1(3,4)5;1-5(2,3)4/h;(H3,1,2,3,4)/q-1;/p+1. The van der Waals surface area contributed by atoms with E-state index in [0.29, 0.717) is 0 Å². The van der Waals surface area contributed by atoms with Crippen molar-refractivity contribution in [2.75, 3.05) is 0 Å². The highest BCUT2D eigenvalue weighted by atomic mass is 31.2. The number of rotatable bonds is 0. The van der Waals surface area contributed by atoms with Crippen LogP contribution in [0.5, 0.6) is 0 Å². The van der Waals surface area contributed by atoms with E-state index in [9.17, 15) is 17.3 Å². The van der Waals surface area contributed by atoms with Crippen LogP contribution in [0, 0.1) is 0 Å². The van der Waals surface area contributed by atoms with Crippen LogP contribution in [0.15, 0.2) is 0 Å². The van der Waals surface area contributed by atoms with Gasteiger partial charge in [-0.25, -0.2) is 4.57 Å². The zero-order valence-electron chi connectivity index (χ0n) is 5.29. The molecule has 10 heteroatoms. The highest BCUT2D eigenvalue weighted by Gasteiger charge is 2.20. The van der Waals surface area contributed by atoms with Crippen LogP contribution in [0.2, 0.25) is 0 Å². The maximum atomic E-state index is 9.75. The molecule has 0 aromatic heterocycles. The zero-order valence-corrected chi connectivity index (χ0v) is 5.18. The Bertz CT molecular complexity index is 114. The predicted octanol–water partition coefficient (Wildman–Crippen LogP) is 0.484. The Hall–Kier alpha value is -0.105. The first kappa shape index (κ1) is 12.6. The molecule has 10 heavy (non-hydrogen) atoms. The molecule has 0 atom stereocenters. The molecule has 3 N–H and O–H groups in total. The average molecular weight is 186 g/mol. The fourth-order valence-electron chi connectivity index (χ4n) is 0. The van der Waals surface area contributed by atoms with Gasteiger partial charge >= 0.3 is 16.5 Å². The van der Waals surface area contributed by atoms with E-state index in [1.165, 1.54) is 0 Å². The number of hydrogen-bond acceptors (Lipinski definition) is 1. The molecule has 0 aromatic rings. The molecule has 0 bridgehead atoms. The normalized spacial score (nSPS) is 11.9. The van der Waals surface area contributed by atoms with E-state index in [2.05, 4.69) is 0 Å². The monoisotopic (exact) mass is 186 g/mol. The van der Waals surface area contributed by atoms with Crippen molar-refractivity contribution >= 4 is 15.1 Å². The molecule has 64 valence electrons. The fourth-order valence-corrected chi connectivity index (χ4v) is 0. The lowest BCUT2D eigenvalue weighted by molar-refractivity contribution is 0.275. The second-order valence-electron chi connectivity index (χ2n) is 1.01. The predicted molar refractivity (Wildman–Crippen MR) is 25.6 cm³/mol. The van der Waals surface area contributed by atoms with Gasteiger partial charge in [-0.3, -0.25) is 0 Å². The van der Waals surface area contributed by atoms with Crippen molar-refractivity contribution in [3.05, 3.63) is 0 Å². The maximum Gasteiger partial charge on any atom is 1.00 e. The lowest BCUT2D eigenvalue weighted by Gasteiger charge is -1.94. The lowest BCUT2D eigenvalue weighted by atomic mass is 10.3. The smallest absolute Gasteiger partial charge is 0.418 e. The van der Waals surface area contributed by atoms with Crippen LogP contribution in [0.3, 0.4) is 0 Å².